The lowest BCUT2D eigenvalue weighted by Crippen LogP contribution is -2.52. The fraction of sp³-hybridized carbons (Fsp3) is 0.462. The summed E-state index contributed by atoms with van der Waals surface area (Å²) >= 11 is 5.21. The molecule has 0 fully saturated rings. The van der Waals surface area contributed by atoms with Gasteiger partial charge in [-0.2, -0.15) is 0 Å². The Kier molecular flexibility index (Phi) is 9.12. The van der Waals surface area contributed by atoms with Gasteiger partial charge in [-0.1, -0.05) is 22.0 Å². The minimum absolute atomic E-state index is 0.249. The van der Waals surface area contributed by atoms with Gasteiger partial charge in [0, 0.05) is 28.1 Å². The first kappa shape index (κ1) is 27.4. The van der Waals surface area contributed by atoms with Crippen molar-refractivity contribution in [3.63, 3.8) is 0 Å². The third-order valence-electron chi connectivity index (χ3n) is 5.47. The van der Waals surface area contributed by atoms with Gasteiger partial charge in [0.2, 0.25) is 5.91 Å². The molecule has 1 aliphatic heterocycles. The molecule has 1 aliphatic rings. The first-order valence-electron chi connectivity index (χ1n) is 11.5. The van der Waals surface area contributed by atoms with Crippen LogP contribution in [0.25, 0.3) is 0 Å². The molecule has 9 heteroatoms. The number of thioether (sulfide) groups is 1. The highest BCUT2D eigenvalue weighted by Gasteiger charge is 2.37. The van der Waals surface area contributed by atoms with Crippen LogP contribution < -0.4 is 10.1 Å². The Morgan fingerprint density at radius 2 is 1.91 bits per heavy atom. The summed E-state index contributed by atoms with van der Waals surface area (Å²) in [6.45, 7) is 6.67. The maximum Gasteiger partial charge on any atom is 0.411 e. The van der Waals surface area contributed by atoms with Gasteiger partial charge in [-0.3, -0.25) is 9.69 Å². The van der Waals surface area contributed by atoms with Crippen molar-refractivity contribution in [3.05, 3.63) is 52.0 Å². The van der Waals surface area contributed by atoms with E-state index < -0.39 is 17.7 Å². The fourth-order valence-electron chi connectivity index (χ4n) is 3.71. The van der Waals surface area contributed by atoms with Crippen LogP contribution in [-0.4, -0.2) is 66.9 Å². The molecule has 0 spiro atoms. The van der Waals surface area contributed by atoms with Crippen LogP contribution in [0.1, 0.15) is 31.9 Å². The van der Waals surface area contributed by atoms with E-state index >= 15 is 0 Å². The van der Waals surface area contributed by atoms with E-state index in [2.05, 4.69) is 26.1 Å². The molecule has 0 bridgehead atoms. The Morgan fingerprint density at radius 1 is 1.17 bits per heavy atom. The Bertz CT molecular complexity index is 1070. The maximum atomic E-state index is 13.6. The van der Waals surface area contributed by atoms with Gasteiger partial charge in [0.15, 0.2) is 0 Å². The van der Waals surface area contributed by atoms with Crippen molar-refractivity contribution in [2.75, 3.05) is 38.8 Å². The van der Waals surface area contributed by atoms with Gasteiger partial charge in [0.05, 0.1) is 19.3 Å². The average Bonchev–Trinajstić information content (AvgIpc) is 2.78. The van der Waals surface area contributed by atoms with Crippen LogP contribution in [0.2, 0.25) is 0 Å². The molecule has 7 nitrogen and oxygen atoms in total. The number of hydrogen-bond donors (Lipinski definition) is 1. The third-order valence-corrected chi connectivity index (χ3v) is 7.00. The Labute approximate surface area is 220 Å². The van der Waals surface area contributed by atoms with Gasteiger partial charge in [-0.15, -0.1) is 11.8 Å². The number of fused-ring (bicyclic) bond motifs is 1. The second kappa shape index (κ2) is 11.7. The van der Waals surface area contributed by atoms with E-state index in [9.17, 15) is 9.59 Å². The minimum atomic E-state index is -0.715. The molecule has 1 heterocycles. The number of nitrogens with zero attached hydrogens (tertiary/aromatic N) is 2. The predicted molar refractivity (Wildman–Crippen MR) is 144 cm³/mol. The smallest absolute Gasteiger partial charge is 0.411 e. The number of halogens is 1. The summed E-state index contributed by atoms with van der Waals surface area (Å²) in [4.78, 5) is 31.3. The molecule has 0 radical (unpaired) electrons. The minimum Gasteiger partial charge on any atom is -0.497 e. The topological polar surface area (TPSA) is 71.1 Å². The van der Waals surface area contributed by atoms with Gasteiger partial charge in [0.25, 0.3) is 0 Å². The first-order valence-corrected chi connectivity index (χ1v) is 13.3. The molecule has 0 saturated heterocycles. The van der Waals surface area contributed by atoms with Crippen molar-refractivity contribution in [2.24, 2.45) is 0 Å². The number of carbonyl (C=O) groups excluding carboxylic acids is 2. The SMILES string of the molecule is COc1ccc2c(c1)C[C@H](C(=O)Nc1ccc(Br)cc1SCCN(C)C)N(C(=O)OC(C)(C)C)C2. The Balaban J connectivity index is 1.88. The van der Waals surface area contributed by atoms with Crippen molar-refractivity contribution in [1.82, 2.24) is 9.80 Å². The highest BCUT2D eigenvalue weighted by Crippen LogP contribution is 2.33. The van der Waals surface area contributed by atoms with Crippen molar-refractivity contribution in [1.29, 1.82) is 0 Å². The number of anilines is 1. The Morgan fingerprint density at radius 3 is 2.57 bits per heavy atom. The number of benzene rings is 2. The number of carbonyl (C=O) groups is 2. The molecule has 1 N–H and O–H groups in total. The predicted octanol–water partition coefficient (Wildman–Crippen LogP) is 5.41. The molecule has 0 aliphatic carbocycles. The third kappa shape index (κ3) is 7.62. The van der Waals surface area contributed by atoms with E-state index in [1.54, 1.807) is 18.9 Å². The highest BCUT2D eigenvalue weighted by molar-refractivity contribution is 9.10. The lowest BCUT2D eigenvalue weighted by molar-refractivity contribution is -0.121. The lowest BCUT2D eigenvalue weighted by atomic mass is 9.93. The summed E-state index contributed by atoms with van der Waals surface area (Å²) < 4.78 is 12.0. The molecular weight excluding hydrogens is 530 g/mol. The number of ether oxygens (including phenoxy) is 2. The monoisotopic (exact) mass is 563 g/mol. The van der Waals surface area contributed by atoms with E-state index in [0.717, 1.165) is 44.2 Å². The summed E-state index contributed by atoms with van der Waals surface area (Å²) in [6.07, 6.45) is -0.132. The lowest BCUT2D eigenvalue weighted by Gasteiger charge is -2.37. The van der Waals surface area contributed by atoms with Crippen LogP contribution in [0.3, 0.4) is 0 Å². The van der Waals surface area contributed by atoms with Gasteiger partial charge in [-0.25, -0.2) is 4.79 Å². The molecule has 35 heavy (non-hydrogen) atoms. The maximum absolute atomic E-state index is 13.6. The summed E-state index contributed by atoms with van der Waals surface area (Å²) in [5.41, 5.74) is 2.02. The number of rotatable bonds is 7. The van der Waals surface area contributed by atoms with Crippen molar-refractivity contribution < 1.29 is 19.1 Å². The first-order chi connectivity index (χ1) is 16.5. The number of amides is 2. The summed E-state index contributed by atoms with van der Waals surface area (Å²) in [7, 11) is 5.68. The fourth-order valence-corrected chi connectivity index (χ4v) is 5.38. The van der Waals surface area contributed by atoms with Gasteiger partial charge in [0.1, 0.15) is 17.4 Å². The molecule has 0 aromatic heterocycles. The largest absolute Gasteiger partial charge is 0.497 e. The normalized spacial score (nSPS) is 15.5. The summed E-state index contributed by atoms with van der Waals surface area (Å²) in [6, 6.07) is 10.8. The van der Waals surface area contributed by atoms with E-state index in [0.29, 0.717) is 6.42 Å². The number of nitrogens with one attached hydrogen (secondary N) is 1. The molecular formula is C26H34BrN3O4S. The summed E-state index contributed by atoms with van der Waals surface area (Å²) in [5, 5.41) is 3.08. The van der Waals surface area contributed by atoms with Gasteiger partial charge in [-0.05, 0) is 76.3 Å². The molecule has 2 amide bonds. The van der Waals surface area contributed by atoms with E-state index in [-0.39, 0.29) is 12.5 Å². The highest BCUT2D eigenvalue weighted by atomic mass is 79.9. The van der Waals surface area contributed by atoms with E-state index in [1.165, 1.54) is 4.90 Å². The molecule has 2 aromatic rings. The zero-order chi connectivity index (χ0) is 25.8. The zero-order valence-electron chi connectivity index (χ0n) is 21.2. The van der Waals surface area contributed by atoms with Crippen molar-refractivity contribution in [3.8, 4) is 5.75 Å². The molecule has 1 atom stereocenters. The molecule has 0 unspecified atom stereocenters. The van der Waals surface area contributed by atoms with Crippen LogP contribution in [0, 0.1) is 0 Å². The average molecular weight is 565 g/mol. The second-order valence-corrected chi connectivity index (χ2v) is 11.8. The Hall–Kier alpha value is -2.23. The van der Waals surface area contributed by atoms with Gasteiger partial charge >= 0.3 is 6.09 Å². The molecule has 190 valence electrons. The number of hydrogen-bond acceptors (Lipinski definition) is 6. The molecule has 3 rings (SSSR count). The van der Waals surface area contributed by atoms with Crippen molar-refractivity contribution in [2.45, 2.75) is 50.3 Å². The van der Waals surface area contributed by atoms with Crippen LogP contribution in [0.15, 0.2) is 45.8 Å². The number of methoxy groups -OCH3 is 1. The second-order valence-electron chi connectivity index (χ2n) is 9.74. The quantitative estimate of drug-likeness (QED) is 0.454. The standard InChI is InChI=1S/C26H34BrN3O4S/c1-26(2,3)34-25(32)30-16-17-7-9-20(33-6)13-18(17)14-22(30)24(31)28-21-10-8-19(27)15-23(21)35-12-11-29(4)5/h7-10,13,15,22H,11-12,14,16H2,1-6H3,(H,28,31)/t22-/m1/s1. The van der Waals surface area contributed by atoms with Crippen LogP contribution >= 0.6 is 27.7 Å². The summed E-state index contributed by atoms with van der Waals surface area (Å²) in [5.74, 6) is 1.36. The van der Waals surface area contributed by atoms with E-state index in [1.807, 2.05) is 71.3 Å². The van der Waals surface area contributed by atoms with Crippen molar-refractivity contribution >= 4 is 45.4 Å². The van der Waals surface area contributed by atoms with E-state index in [4.69, 9.17) is 9.47 Å². The van der Waals surface area contributed by atoms with Crippen LogP contribution in [-0.2, 0) is 22.5 Å². The molecule has 0 saturated carbocycles. The zero-order valence-corrected chi connectivity index (χ0v) is 23.6. The van der Waals surface area contributed by atoms with Gasteiger partial charge < -0.3 is 19.7 Å². The van der Waals surface area contributed by atoms with Crippen LogP contribution in [0.4, 0.5) is 10.5 Å². The molecule has 2 aromatic carbocycles. The van der Waals surface area contributed by atoms with Crippen LogP contribution in [0.5, 0.6) is 5.75 Å².